The van der Waals surface area contributed by atoms with Gasteiger partial charge in [0, 0.05) is 18.4 Å². The molecule has 0 aromatic carbocycles. The van der Waals surface area contributed by atoms with E-state index < -0.39 is 5.54 Å². The van der Waals surface area contributed by atoms with Crippen molar-refractivity contribution in [2.45, 2.75) is 37.6 Å². The number of hydrogen-bond donors (Lipinski definition) is 2. The molecule has 15 heavy (non-hydrogen) atoms. The third kappa shape index (κ3) is 1.27. The van der Waals surface area contributed by atoms with E-state index in [9.17, 15) is 9.59 Å². The third-order valence-electron chi connectivity index (χ3n) is 4.09. The van der Waals surface area contributed by atoms with Crippen LogP contribution in [0.15, 0.2) is 0 Å². The molecule has 3 aliphatic rings. The molecule has 1 aliphatic heterocycles. The maximum atomic E-state index is 11.9. The summed E-state index contributed by atoms with van der Waals surface area (Å²) in [7, 11) is 0. The van der Waals surface area contributed by atoms with Crippen molar-refractivity contribution >= 4 is 11.8 Å². The lowest BCUT2D eigenvalue weighted by atomic mass is 10.1. The van der Waals surface area contributed by atoms with Crippen LogP contribution in [0.2, 0.25) is 0 Å². The van der Waals surface area contributed by atoms with E-state index >= 15 is 0 Å². The summed E-state index contributed by atoms with van der Waals surface area (Å²) in [5.41, 5.74) is -0.500. The highest BCUT2D eigenvalue weighted by atomic mass is 16.2. The smallest absolute Gasteiger partial charge is 0.246 e. The standard InChI is InChI=1S/C11H16N2O2/c14-9(7-3-1-2-4-7)13-11-5-8(11)6-12-10(11)15/h7-8H,1-6H2,(H,12,15)(H,13,14). The lowest BCUT2D eigenvalue weighted by Gasteiger charge is -2.16. The second-order valence-corrected chi connectivity index (χ2v) is 5.05. The number of rotatable bonds is 2. The number of piperidine rings is 1. The van der Waals surface area contributed by atoms with Gasteiger partial charge in [-0.1, -0.05) is 12.8 Å². The Bertz CT molecular complexity index is 323. The van der Waals surface area contributed by atoms with Crippen LogP contribution in [-0.4, -0.2) is 23.9 Å². The number of carbonyl (C=O) groups excluding carboxylic acids is 2. The summed E-state index contributed by atoms with van der Waals surface area (Å²) in [5.74, 6) is 0.648. The van der Waals surface area contributed by atoms with E-state index in [0.29, 0.717) is 5.92 Å². The highest BCUT2D eigenvalue weighted by Gasteiger charge is 2.65. The highest BCUT2D eigenvalue weighted by molar-refractivity contribution is 5.97. The molecule has 1 saturated heterocycles. The molecule has 82 valence electrons. The van der Waals surface area contributed by atoms with Crippen molar-refractivity contribution in [3.63, 3.8) is 0 Å². The van der Waals surface area contributed by atoms with Gasteiger partial charge < -0.3 is 10.6 Å². The van der Waals surface area contributed by atoms with Crippen LogP contribution in [0.4, 0.5) is 0 Å². The molecule has 0 spiro atoms. The zero-order chi connectivity index (χ0) is 10.5. The van der Waals surface area contributed by atoms with Crippen LogP contribution in [0.3, 0.4) is 0 Å². The van der Waals surface area contributed by atoms with Crippen LogP contribution < -0.4 is 10.6 Å². The number of nitrogens with one attached hydrogen (secondary N) is 2. The largest absolute Gasteiger partial charge is 0.354 e. The minimum atomic E-state index is -0.500. The molecule has 4 nitrogen and oxygen atoms in total. The van der Waals surface area contributed by atoms with Gasteiger partial charge in [0.25, 0.3) is 0 Å². The molecule has 2 atom stereocenters. The molecule has 2 unspecified atom stereocenters. The third-order valence-corrected chi connectivity index (χ3v) is 4.09. The van der Waals surface area contributed by atoms with E-state index in [4.69, 9.17) is 0 Å². The van der Waals surface area contributed by atoms with Crippen LogP contribution in [-0.2, 0) is 9.59 Å². The van der Waals surface area contributed by atoms with Crippen molar-refractivity contribution in [3.8, 4) is 0 Å². The van der Waals surface area contributed by atoms with Crippen LogP contribution in [0.25, 0.3) is 0 Å². The average Bonchev–Trinajstić information content (AvgIpc) is 2.65. The molecule has 3 rings (SSSR count). The van der Waals surface area contributed by atoms with E-state index in [1.54, 1.807) is 0 Å². The molecule has 0 radical (unpaired) electrons. The van der Waals surface area contributed by atoms with Gasteiger partial charge in [-0.3, -0.25) is 9.59 Å². The predicted octanol–water partition coefficient (Wildman–Crippen LogP) is 0.181. The minimum Gasteiger partial charge on any atom is -0.354 e. The van der Waals surface area contributed by atoms with Gasteiger partial charge in [0.1, 0.15) is 5.54 Å². The maximum Gasteiger partial charge on any atom is 0.246 e. The van der Waals surface area contributed by atoms with E-state index in [1.165, 1.54) is 0 Å². The van der Waals surface area contributed by atoms with Crippen LogP contribution >= 0.6 is 0 Å². The predicted molar refractivity (Wildman–Crippen MR) is 53.9 cm³/mol. The molecule has 1 heterocycles. The first kappa shape index (κ1) is 9.19. The van der Waals surface area contributed by atoms with E-state index in [2.05, 4.69) is 10.6 Å². The second kappa shape index (κ2) is 2.97. The van der Waals surface area contributed by atoms with Gasteiger partial charge in [-0.25, -0.2) is 0 Å². The van der Waals surface area contributed by atoms with Gasteiger partial charge >= 0.3 is 0 Å². The summed E-state index contributed by atoms with van der Waals surface area (Å²) in [4.78, 5) is 23.4. The normalized spacial score (nSPS) is 38.7. The molecule has 2 amide bonds. The number of hydrogen-bond acceptors (Lipinski definition) is 2. The molecule has 4 heteroatoms. The summed E-state index contributed by atoms with van der Waals surface area (Å²) in [5, 5.41) is 5.77. The summed E-state index contributed by atoms with van der Waals surface area (Å²) >= 11 is 0. The fraction of sp³-hybridized carbons (Fsp3) is 0.818. The van der Waals surface area contributed by atoms with Crippen molar-refractivity contribution in [1.82, 2.24) is 10.6 Å². The lowest BCUT2D eigenvalue weighted by molar-refractivity contribution is -0.131. The van der Waals surface area contributed by atoms with E-state index in [-0.39, 0.29) is 17.7 Å². The monoisotopic (exact) mass is 208 g/mol. The van der Waals surface area contributed by atoms with Crippen molar-refractivity contribution in [1.29, 1.82) is 0 Å². The molecule has 2 saturated carbocycles. The topological polar surface area (TPSA) is 58.2 Å². The van der Waals surface area contributed by atoms with Gasteiger partial charge in [-0.15, -0.1) is 0 Å². The van der Waals surface area contributed by atoms with Gasteiger partial charge in [0.2, 0.25) is 11.8 Å². The average molecular weight is 208 g/mol. The Morgan fingerprint density at radius 2 is 2.13 bits per heavy atom. The fourth-order valence-electron chi connectivity index (χ4n) is 2.95. The van der Waals surface area contributed by atoms with Crippen LogP contribution in [0.5, 0.6) is 0 Å². The first-order chi connectivity index (χ1) is 7.22. The first-order valence-electron chi connectivity index (χ1n) is 5.83. The Balaban J connectivity index is 1.66. The Morgan fingerprint density at radius 1 is 1.40 bits per heavy atom. The SMILES string of the molecule is O=C(NC12CC1CNC2=O)C1CCCC1. The Kier molecular flexibility index (Phi) is 1.82. The van der Waals surface area contributed by atoms with Crippen molar-refractivity contribution in [3.05, 3.63) is 0 Å². The number of amides is 2. The van der Waals surface area contributed by atoms with Crippen LogP contribution in [0, 0.1) is 11.8 Å². The Hall–Kier alpha value is -1.06. The molecule has 2 aliphatic carbocycles. The van der Waals surface area contributed by atoms with Gasteiger partial charge in [-0.05, 0) is 19.3 Å². The number of carbonyl (C=O) groups is 2. The minimum absolute atomic E-state index is 0.0267. The molecule has 0 aromatic heterocycles. The lowest BCUT2D eigenvalue weighted by Crippen LogP contribution is -2.47. The van der Waals surface area contributed by atoms with Gasteiger partial charge in [0.05, 0.1) is 0 Å². The number of fused-ring (bicyclic) bond motifs is 1. The van der Waals surface area contributed by atoms with Crippen molar-refractivity contribution < 1.29 is 9.59 Å². The maximum absolute atomic E-state index is 11.9. The van der Waals surface area contributed by atoms with Crippen molar-refractivity contribution in [2.24, 2.45) is 11.8 Å². The summed E-state index contributed by atoms with van der Waals surface area (Å²) in [6.07, 6.45) is 5.14. The second-order valence-electron chi connectivity index (χ2n) is 5.05. The Labute approximate surface area is 88.8 Å². The molecule has 0 bridgehead atoms. The van der Waals surface area contributed by atoms with E-state index in [1.807, 2.05) is 0 Å². The Morgan fingerprint density at radius 3 is 2.67 bits per heavy atom. The van der Waals surface area contributed by atoms with Crippen molar-refractivity contribution in [2.75, 3.05) is 6.54 Å². The zero-order valence-electron chi connectivity index (χ0n) is 8.71. The molecule has 2 N–H and O–H groups in total. The molecular formula is C11H16N2O2. The van der Waals surface area contributed by atoms with Gasteiger partial charge in [-0.2, -0.15) is 0 Å². The summed E-state index contributed by atoms with van der Waals surface area (Å²) in [6.45, 7) is 0.740. The quantitative estimate of drug-likeness (QED) is 0.680. The van der Waals surface area contributed by atoms with E-state index in [0.717, 1.165) is 38.6 Å². The van der Waals surface area contributed by atoms with Gasteiger partial charge in [0.15, 0.2) is 0 Å². The van der Waals surface area contributed by atoms with Crippen LogP contribution in [0.1, 0.15) is 32.1 Å². The molecule has 0 aromatic rings. The highest BCUT2D eigenvalue weighted by Crippen LogP contribution is 2.47. The summed E-state index contributed by atoms with van der Waals surface area (Å²) in [6, 6.07) is 0. The fourth-order valence-corrected chi connectivity index (χ4v) is 2.95. The molecule has 3 fully saturated rings. The summed E-state index contributed by atoms with van der Waals surface area (Å²) < 4.78 is 0. The zero-order valence-corrected chi connectivity index (χ0v) is 8.71. The molecular weight excluding hydrogens is 192 g/mol. The first-order valence-corrected chi connectivity index (χ1v) is 5.83.